The van der Waals surface area contributed by atoms with Crippen molar-refractivity contribution in [1.82, 2.24) is 14.8 Å². The van der Waals surface area contributed by atoms with E-state index < -0.39 is 10.0 Å². The van der Waals surface area contributed by atoms with E-state index in [0.717, 1.165) is 19.6 Å². The molecule has 0 aromatic carbocycles. The van der Waals surface area contributed by atoms with Gasteiger partial charge >= 0.3 is 0 Å². The first-order valence-electron chi connectivity index (χ1n) is 6.12. The molecule has 1 saturated heterocycles. The third-order valence-electron chi connectivity index (χ3n) is 3.30. The molecule has 2 heterocycles. The number of nitrogens with one attached hydrogen (secondary N) is 1. The summed E-state index contributed by atoms with van der Waals surface area (Å²) in [6.45, 7) is 6.81. The van der Waals surface area contributed by atoms with Gasteiger partial charge in [-0.15, -0.1) is 0 Å². The number of nitrogens with zero attached hydrogens (tertiary/aromatic N) is 2. The molecular weight excluding hydrogens is 254 g/mol. The number of aromatic nitrogens is 1. The molecule has 1 aliphatic heterocycles. The van der Waals surface area contributed by atoms with Crippen LogP contribution in [0.5, 0.6) is 0 Å². The van der Waals surface area contributed by atoms with Gasteiger partial charge in [-0.1, -0.05) is 19.0 Å². The summed E-state index contributed by atoms with van der Waals surface area (Å²) >= 11 is 0. The van der Waals surface area contributed by atoms with Crippen molar-refractivity contribution in [3.63, 3.8) is 0 Å². The zero-order chi connectivity index (χ0) is 13.2. The van der Waals surface area contributed by atoms with Crippen molar-refractivity contribution in [1.29, 1.82) is 0 Å². The largest absolute Gasteiger partial charge is 0.364 e. The van der Waals surface area contributed by atoms with Gasteiger partial charge in [0, 0.05) is 25.2 Å². The summed E-state index contributed by atoms with van der Waals surface area (Å²) < 4.78 is 31.4. The zero-order valence-electron chi connectivity index (χ0n) is 10.7. The van der Waals surface area contributed by atoms with E-state index in [1.807, 2.05) is 0 Å². The first-order chi connectivity index (χ1) is 8.50. The second kappa shape index (κ2) is 5.38. The van der Waals surface area contributed by atoms with E-state index in [9.17, 15) is 8.42 Å². The number of rotatable bonds is 5. The molecule has 102 valence electrons. The van der Waals surface area contributed by atoms with Crippen molar-refractivity contribution >= 4 is 10.0 Å². The van der Waals surface area contributed by atoms with Crippen LogP contribution in [0, 0.1) is 5.92 Å². The Morgan fingerprint density at radius 2 is 2.33 bits per heavy atom. The van der Waals surface area contributed by atoms with Gasteiger partial charge in [-0.3, -0.25) is 0 Å². The third-order valence-corrected chi connectivity index (χ3v) is 4.63. The van der Waals surface area contributed by atoms with Crippen molar-refractivity contribution in [2.24, 2.45) is 5.92 Å². The van der Waals surface area contributed by atoms with Crippen LogP contribution in [0.15, 0.2) is 16.9 Å². The Balaban J connectivity index is 1.96. The molecule has 0 spiro atoms. The Bertz CT molecular complexity index is 472. The molecule has 1 aromatic rings. The van der Waals surface area contributed by atoms with Crippen LogP contribution < -0.4 is 4.72 Å². The Morgan fingerprint density at radius 3 is 2.89 bits per heavy atom. The average molecular weight is 273 g/mol. The maximum atomic E-state index is 12.0. The van der Waals surface area contributed by atoms with Gasteiger partial charge in [0.15, 0.2) is 0 Å². The first kappa shape index (κ1) is 13.5. The lowest BCUT2D eigenvalue weighted by Crippen LogP contribution is -2.40. The van der Waals surface area contributed by atoms with Crippen LogP contribution in [-0.2, 0) is 15.8 Å². The van der Waals surface area contributed by atoms with Gasteiger partial charge < -0.3 is 9.42 Å². The van der Waals surface area contributed by atoms with E-state index in [1.54, 1.807) is 6.07 Å². The third kappa shape index (κ3) is 3.30. The van der Waals surface area contributed by atoms with Crippen LogP contribution >= 0.6 is 0 Å². The fraction of sp³-hybridized carbons (Fsp3) is 0.727. The SMILES string of the molecule is CCN1CC(C)C(NS(=O)(=O)Cc2ccon2)C1. The van der Waals surface area contributed by atoms with Gasteiger partial charge in [-0.2, -0.15) is 0 Å². The summed E-state index contributed by atoms with van der Waals surface area (Å²) in [7, 11) is -3.35. The molecule has 0 aliphatic carbocycles. The highest BCUT2D eigenvalue weighted by molar-refractivity contribution is 7.88. The number of likely N-dealkylation sites (tertiary alicyclic amines) is 1. The molecule has 7 heteroatoms. The Kier molecular flexibility index (Phi) is 4.04. The number of hydrogen-bond donors (Lipinski definition) is 1. The molecule has 0 bridgehead atoms. The van der Waals surface area contributed by atoms with Gasteiger partial charge in [-0.05, 0) is 12.5 Å². The van der Waals surface area contributed by atoms with Gasteiger partial charge in [0.25, 0.3) is 0 Å². The molecule has 2 rings (SSSR count). The van der Waals surface area contributed by atoms with E-state index in [4.69, 9.17) is 0 Å². The lowest BCUT2D eigenvalue weighted by molar-refractivity contribution is 0.344. The first-order valence-corrected chi connectivity index (χ1v) is 7.77. The zero-order valence-corrected chi connectivity index (χ0v) is 11.5. The normalized spacial score (nSPS) is 25.7. The topological polar surface area (TPSA) is 75.4 Å². The summed E-state index contributed by atoms with van der Waals surface area (Å²) in [5.41, 5.74) is 0.431. The van der Waals surface area contributed by atoms with Crippen LogP contribution in [0.25, 0.3) is 0 Å². The average Bonchev–Trinajstić information content (AvgIpc) is 2.88. The van der Waals surface area contributed by atoms with Gasteiger partial charge in [0.05, 0.1) is 5.69 Å². The molecule has 0 radical (unpaired) electrons. The van der Waals surface area contributed by atoms with E-state index in [2.05, 4.69) is 33.1 Å². The van der Waals surface area contributed by atoms with Gasteiger partial charge in [-0.25, -0.2) is 13.1 Å². The van der Waals surface area contributed by atoms with Crippen LogP contribution in [0.1, 0.15) is 19.5 Å². The van der Waals surface area contributed by atoms with E-state index >= 15 is 0 Å². The molecule has 1 aliphatic rings. The van der Waals surface area contributed by atoms with Gasteiger partial charge in [0.2, 0.25) is 10.0 Å². The predicted octanol–water partition coefficient (Wildman–Crippen LogP) is 0.434. The highest BCUT2D eigenvalue weighted by Crippen LogP contribution is 2.17. The number of sulfonamides is 1. The summed E-state index contributed by atoms with van der Waals surface area (Å²) in [4.78, 5) is 2.24. The smallest absolute Gasteiger partial charge is 0.217 e. The van der Waals surface area contributed by atoms with E-state index in [1.165, 1.54) is 6.26 Å². The lowest BCUT2D eigenvalue weighted by Gasteiger charge is -2.16. The van der Waals surface area contributed by atoms with E-state index in [-0.39, 0.29) is 11.8 Å². The molecule has 18 heavy (non-hydrogen) atoms. The Labute approximate surface area is 107 Å². The summed E-state index contributed by atoms with van der Waals surface area (Å²) in [6, 6.07) is 1.55. The minimum Gasteiger partial charge on any atom is -0.364 e. The van der Waals surface area contributed by atoms with Crippen molar-refractivity contribution in [3.05, 3.63) is 18.0 Å². The molecule has 1 N–H and O–H groups in total. The Morgan fingerprint density at radius 1 is 1.56 bits per heavy atom. The van der Waals surface area contributed by atoms with E-state index in [0.29, 0.717) is 11.6 Å². The van der Waals surface area contributed by atoms with Crippen molar-refractivity contribution in [2.75, 3.05) is 19.6 Å². The monoisotopic (exact) mass is 273 g/mol. The maximum absolute atomic E-state index is 12.0. The molecule has 6 nitrogen and oxygen atoms in total. The molecule has 1 fully saturated rings. The minimum atomic E-state index is -3.35. The van der Waals surface area contributed by atoms with Crippen LogP contribution in [0.4, 0.5) is 0 Å². The van der Waals surface area contributed by atoms with Crippen LogP contribution in [0.2, 0.25) is 0 Å². The lowest BCUT2D eigenvalue weighted by atomic mass is 10.1. The second-order valence-corrected chi connectivity index (χ2v) is 6.56. The molecule has 1 aromatic heterocycles. The highest BCUT2D eigenvalue weighted by Gasteiger charge is 2.31. The van der Waals surface area contributed by atoms with Crippen LogP contribution in [-0.4, -0.2) is 44.2 Å². The Hall–Kier alpha value is -0.920. The maximum Gasteiger partial charge on any atom is 0.217 e. The fourth-order valence-electron chi connectivity index (χ4n) is 2.26. The highest BCUT2D eigenvalue weighted by atomic mass is 32.2. The van der Waals surface area contributed by atoms with Crippen LogP contribution in [0.3, 0.4) is 0 Å². The fourth-order valence-corrected chi connectivity index (χ4v) is 3.65. The molecule has 2 unspecified atom stereocenters. The summed E-state index contributed by atoms with van der Waals surface area (Å²) in [5.74, 6) is 0.204. The molecule has 0 amide bonds. The minimum absolute atomic E-state index is 0.0122. The number of hydrogen-bond acceptors (Lipinski definition) is 5. The van der Waals surface area contributed by atoms with Crippen molar-refractivity contribution < 1.29 is 12.9 Å². The summed E-state index contributed by atoms with van der Waals surface area (Å²) in [5, 5.41) is 3.62. The molecule has 0 saturated carbocycles. The second-order valence-electron chi connectivity index (χ2n) is 4.80. The standard InChI is InChI=1S/C11H19N3O3S/c1-3-14-6-9(2)11(7-14)13-18(15,16)8-10-4-5-17-12-10/h4-5,9,11,13H,3,6-8H2,1-2H3. The molecular formula is C11H19N3O3S. The summed E-state index contributed by atoms with van der Waals surface area (Å²) in [6.07, 6.45) is 1.38. The number of likely N-dealkylation sites (N-methyl/N-ethyl adjacent to an activating group) is 1. The quantitative estimate of drug-likeness (QED) is 0.842. The predicted molar refractivity (Wildman–Crippen MR) is 67.3 cm³/mol. The molecule has 2 atom stereocenters. The van der Waals surface area contributed by atoms with Crippen molar-refractivity contribution in [2.45, 2.75) is 25.6 Å². The van der Waals surface area contributed by atoms with Gasteiger partial charge in [0.1, 0.15) is 12.0 Å². The van der Waals surface area contributed by atoms with Crippen molar-refractivity contribution in [3.8, 4) is 0 Å².